The summed E-state index contributed by atoms with van der Waals surface area (Å²) in [6.07, 6.45) is 2.12. The van der Waals surface area contributed by atoms with Gasteiger partial charge in [-0.3, -0.25) is 9.59 Å². The molecule has 0 bridgehead atoms. The van der Waals surface area contributed by atoms with Crippen LogP contribution in [0.1, 0.15) is 44.7 Å². The number of fused-ring (bicyclic) bond motifs is 2. The Kier molecular flexibility index (Phi) is 4.15. The number of nitrogens with zero attached hydrogens (tertiary/aromatic N) is 2. The normalized spacial score (nSPS) is 18.5. The molecule has 2 aromatic rings. The number of amides is 2. The third kappa shape index (κ3) is 2.83. The first-order valence-electron chi connectivity index (χ1n) is 9.06. The average Bonchev–Trinajstić information content (AvgIpc) is 3.15. The molecule has 1 N–H and O–H groups in total. The molecule has 134 valence electrons. The standard InChI is InChI=1S/C21H23N3O2/c1-14-5-7-15(8-6-14)13-22-20(25)16-9-10-17-18(12-16)23(2)19-4-3-11-24(19)21(17)26/h5-10,12,19H,3-4,11,13H2,1-2H3,(H,22,25)/t19-/m0/s1. The van der Waals surface area contributed by atoms with Crippen LogP contribution in [0.5, 0.6) is 0 Å². The summed E-state index contributed by atoms with van der Waals surface area (Å²) in [4.78, 5) is 29.3. The molecule has 2 aromatic carbocycles. The first kappa shape index (κ1) is 16.6. The number of nitrogens with one attached hydrogen (secondary N) is 1. The van der Waals surface area contributed by atoms with E-state index >= 15 is 0 Å². The highest BCUT2D eigenvalue weighted by molar-refractivity contribution is 6.04. The summed E-state index contributed by atoms with van der Waals surface area (Å²) in [5.74, 6) is -0.0460. The number of hydrogen-bond donors (Lipinski definition) is 1. The minimum Gasteiger partial charge on any atom is -0.354 e. The maximum Gasteiger partial charge on any atom is 0.257 e. The van der Waals surface area contributed by atoms with E-state index in [2.05, 4.69) is 10.2 Å². The fraction of sp³-hybridized carbons (Fsp3) is 0.333. The Morgan fingerprint density at radius 2 is 1.96 bits per heavy atom. The lowest BCUT2D eigenvalue weighted by Crippen LogP contribution is -2.50. The van der Waals surface area contributed by atoms with Crippen molar-refractivity contribution in [2.24, 2.45) is 0 Å². The quantitative estimate of drug-likeness (QED) is 0.927. The van der Waals surface area contributed by atoms with E-state index in [0.29, 0.717) is 17.7 Å². The smallest absolute Gasteiger partial charge is 0.257 e. The van der Waals surface area contributed by atoms with E-state index in [4.69, 9.17) is 0 Å². The number of carbonyl (C=O) groups excluding carboxylic acids is 2. The van der Waals surface area contributed by atoms with Gasteiger partial charge >= 0.3 is 0 Å². The number of carbonyl (C=O) groups is 2. The van der Waals surface area contributed by atoms with Crippen molar-refractivity contribution in [3.8, 4) is 0 Å². The van der Waals surface area contributed by atoms with Crippen LogP contribution in [0.25, 0.3) is 0 Å². The van der Waals surface area contributed by atoms with Crippen LogP contribution in [0.15, 0.2) is 42.5 Å². The van der Waals surface area contributed by atoms with Crippen LogP contribution in [0.2, 0.25) is 0 Å². The lowest BCUT2D eigenvalue weighted by molar-refractivity contribution is 0.0719. The highest BCUT2D eigenvalue weighted by atomic mass is 16.2. The molecule has 2 heterocycles. The molecular formula is C21H23N3O2. The fourth-order valence-corrected chi connectivity index (χ4v) is 3.84. The Hall–Kier alpha value is -2.82. The van der Waals surface area contributed by atoms with Crippen LogP contribution < -0.4 is 10.2 Å². The zero-order valence-electron chi connectivity index (χ0n) is 15.2. The van der Waals surface area contributed by atoms with Crippen LogP contribution in [0, 0.1) is 6.92 Å². The summed E-state index contributed by atoms with van der Waals surface area (Å²) in [7, 11) is 2.00. The van der Waals surface area contributed by atoms with Crippen LogP contribution in [-0.2, 0) is 6.54 Å². The second kappa shape index (κ2) is 6.48. The lowest BCUT2D eigenvalue weighted by atomic mass is 10.0. The Balaban J connectivity index is 1.53. The van der Waals surface area contributed by atoms with Gasteiger partial charge in [-0.2, -0.15) is 0 Å². The molecule has 0 saturated carbocycles. The van der Waals surface area contributed by atoms with Gasteiger partial charge in [0.05, 0.1) is 11.3 Å². The Labute approximate surface area is 153 Å². The summed E-state index contributed by atoms with van der Waals surface area (Å²) in [6, 6.07) is 13.5. The third-order valence-electron chi connectivity index (χ3n) is 5.37. The number of anilines is 1. The topological polar surface area (TPSA) is 52.7 Å². The van der Waals surface area contributed by atoms with Gasteiger partial charge in [-0.25, -0.2) is 0 Å². The largest absolute Gasteiger partial charge is 0.354 e. The first-order chi connectivity index (χ1) is 12.5. The SMILES string of the molecule is Cc1ccc(CNC(=O)c2ccc3c(c2)N(C)[C@@H]2CCCN2C3=O)cc1. The van der Waals surface area contributed by atoms with Crippen LogP contribution >= 0.6 is 0 Å². The molecule has 4 rings (SSSR count). The molecule has 5 heteroatoms. The van der Waals surface area contributed by atoms with E-state index in [1.54, 1.807) is 12.1 Å². The van der Waals surface area contributed by atoms with Gasteiger partial charge in [0.15, 0.2) is 0 Å². The molecule has 2 aliphatic heterocycles. The molecule has 0 radical (unpaired) electrons. The Morgan fingerprint density at radius 1 is 1.19 bits per heavy atom. The summed E-state index contributed by atoms with van der Waals surface area (Å²) in [5.41, 5.74) is 4.38. The number of benzene rings is 2. The van der Waals surface area contributed by atoms with Crippen LogP contribution in [0.4, 0.5) is 5.69 Å². The fourth-order valence-electron chi connectivity index (χ4n) is 3.84. The van der Waals surface area contributed by atoms with Gasteiger partial charge in [0.2, 0.25) is 0 Å². The number of hydrogen-bond acceptors (Lipinski definition) is 3. The van der Waals surface area contributed by atoms with Gasteiger partial charge in [-0.05, 0) is 43.5 Å². The van der Waals surface area contributed by atoms with Crippen LogP contribution in [0.3, 0.4) is 0 Å². The van der Waals surface area contributed by atoms with E-state index in [-0.39, 0.29) is 18.0 Å². The molecule has 1 fully saturated rings. The Morgan fingerprint density at radius 3 is 2.73 bits per heavy atom. The van der Waals surface area contributed by atoms with Crippen molar-refractivity contribution >= 4 is 17.5 Å². The molecule has 1 saturated heterocycles. The summed E-state index contributed by atoms with van der Waals surface area (Å²) < 4.78 is 0. The van der Waals surface area contributed by atoms with E-state index < -0.39 is 0 Å². The summed E-state index contributed by atoms with van der Waals surface area (Å²) in [6.45, 7) is 3.34. The monoisotopic (exact) mass is 349 g/mol. The highest BCUT2D eigenvalue weighted by Crippen LogP contribution is 2.35. The molecule has 1 atom stereocenters. The second-order valence-corrected chi connectivity index (χ2v) is 7.13. The molecule has 0 aliphatic carbocycles. The first-order valence-corrected chi connectivity index (χ1v) is 9.06. The van der Waals surface area contributed by atoms with Gasteiger partial charge < -0.3 is 15.1 Å². The molecule has 0 unspecified atom stereocenters. The summed E-state index contributed by atoms with van der Waals surface area (Å²) >= 11 is 0. The second-order valence-electron chi connectivity index (χ2n) is 7.13. The minimum atomic E-state index is -0.122. The predicted molar refractivity (Wildman–Crippen MR) is 101 cm³/mol. The molecule has 5 nitrogen and oxygen atoms in total. The van der Waals surface area contributed by atoms with Gasteiger partial charge in [0.1, 0.15) is 6.17 Å². The summed E-state index contributed by atoms with van der Waals surface area (Å²) in [5, 5.41) is 2.96. The van der Waals surface area contributed by atoms with Gasteiger partial charge in [0, 0.05) is 25.7 Å². The van der Waals surface area contributed by atoms with Crippen molar-refractivity contribution in [1.29, 1.82) is 0 Å². The Bertz CT molecular complexity index is 860. The predicted octanol–water partition coefficient (Wildman–Crippen LogP) is 2.94. The molecule has 26 heavy (non-hydrogen) atoms. The van der Waals surface area contributed by atoms with Crippen molar-refractivity contribution in [1.82, 2.24) is 10.2 Å². The number of rotatable bonds is 3. The van der Waals surface area contributed by atoms with Crippen molar-refractivity contribution < 1.29 is 9.59 Å². The van der Waals surface area contributed by atoms with Gasteiger partial charge in [-0.1, -0.05) is 29.8 Å². The van der Waals surface area contributed by atoms with Gasteiger partial charge in [0.25, 0.3) is 11.8 Å². The van der Waals surface area contributed by atoms with E-state index in [1.165, 1.54) is 5.56 Å². The van der Waals surface area contributed by atoms with E-state index in [0.717, 1.165) is 30.6 Å². The molecule has 0 aromatic heterocycles. The zero-order valence-corrected chi connectivity index (χ0v) is 15.2. The maximum atomic E-state index is 12.7. The average molecular weight is 349 g/mol. The zero-order chi connectivity index (χ0) is 18.3. The van der Waals surface area contributed by atoms with Crippen molar-refractivity contribution in [3.63, 3.8) is 0 Å². The molecule has 0 spiro atoms. The van der Waals surface area contributed by atoms with Crippen molar-refractivity contribution in [2.75, 3.05) is 18.5 Å². The molecule has 2 aliphatic rings. The maximum absolute atomic E-state index is 12.7. The lowest BCUT2D eigenvalue weighted by Gasteiger charge is -2.40. The van der Waals surface area contributed by atoms with Gasteiger partial charge in [-0.15, -0.1) is 0 Å². The molecule has 2 amide bonds. The van der Waals surface area contributed by atoms with Crippen molar-refractivity contribution in [3.05, 3.63) is 64.7 Å². The van der Waals surface area contributed by atoms with Crippen LogP contribution in [-0.4, -0.2) is 36.5 Å². The highest BCUT2D eigenvalue weighted by Gasteiger charge is 2.38. The number of aryl methyl sites for hydroxylation is 1. The minimum absolute atomic E-state index is 0.0761. The van der Waals surface area contributed by atoms with Crippen molar-refractivity contribution in [2.45, 2.75) is 32.5 Å². The van der Waals surface area contributed by atoms with E-state index in [9.17, 15) is 9.59 Å². The third-order valence-corrected chi connectivity index (χ3v) is 5.37. The molecular weight excluding hydrogens is 326 g/mol. The van der Waals surface area contributed by atoms with E-state index in [1.807, 2.05) is 49.2 Å².